The van der Waals surface area contributed by atoms with Gasteiger partial charge in [0.05, 0.1) is 17.7 Å². The van der Waals surface area contributed by atoms with E-state index in [1.54, 1.807) is 19.1 Å². The number of hydrogen-bond donors (Lipinski definition) is 2. The van der Waals surface area contributed by atoms with Crippen molar-refractivity contribution in [3.05, 3.63) is 41.5 Å². The predicted octanol–water partition coefficient (Wildman–Crippen LogP) is 1.54. The number of hydrogen-bond acceptors (Lipinski definition) is 3. The number of rotatable bonds is 5. The molecule has 84 valence electrons. The highest BCUT2D eigenvalue weighted by Gasteiger charge is 1.91. The zero-order valence-corrected chi connectivity index (χ0v) is 9.35. The Balaban J connectivity index is 2.36. The first kappa shape index (κ1) is 12.4. The average molecular weight is 216 g/mol. The van der Waals surface area contributed by atoms with Crippen LogP contribution in [0.25, 0.3) is 6.08 Å². The minimum Gasteiger partial charge on any atom is -0.392 e. The molecule has 0 fully saturated rings. The SMILES string of the molecule is C[C@@H](O)CNC/C=C/c1ccc(C#N)cc1. The van der Waals surface area contributed by atoms with Gasteiger partial charge in [-0.3, -0.25) is 0 Å². The highest BCUT2D eigenvalue weighted by atomic mass is 16.3. The monoisotopic (exact) mass is 216 g/mol. The Labute approximate surface area is 96.0 Å². The smallest absolute Gasteiger partial charge is 0.0991 e. The molecule has 0 aliphatic heterocycles. The van der Waals surface area contributed by atoms with E-state index in [0.717, 1.165) is 12.1 Å². The van der Waals surface area contributed by atoms with Crippen LogP contribution in [0.1, 0.15) is 18.1 Å². The van der Waals surface area contributed by atoms with E-state index in [-0.39, 0.29) is 6.10 Å². The maximum atomic E-state index is 9.01. The lowest BCUT2D eigenvalue weighted by Crippen LogP contribution is -2.24. The van der Waals surface area contributed by atoms with Gasteiger partial charge in [-0.25, -0.2) is 0 Å². The summed E-state index contributed by atoms with van der Waals surface area (Å²) in [6, 6.07) is 9.48. The number of nitrogens with zero attached hydrogens (tertiary/aromatic N) is 1. The molecule has 0 amide bonds. The van der Waals surface area contributed by atoms with Gasteiger partial charge in [0.2, 0.25) is 0 Å². The van der Waals surface area contributed by atoms with Crippen LogP contribution in [-0.2, 0) is 0 Å². The zero-order valence-electron chi connectivity index (χ0n) is 9.35. The van der Waals surface area contributed by atoms with Crippen LogP contribution in [0.3, 0.4) is 0 Å². The normalized spacial score (nSPS) is 12.6. The van der Waals surface area contributed by atoms with Crippen molar-refractivity contribution >= 4 is 6.08 Å². The summed E-state index contributed by atoms with van der Waals surface area (Å²) in [4.78, 5) is 0. The van der Waals surface area contributed by atoms with Crippen LogP contribution in [0.2, 0.25) is 0 Å². The fraction of sp³-hybridized carbons (Fsp3) is 0.308. The second kappa shape index (κ2) is 6.78. The molecule has 1 aromatic carbocycles. The molecular weight excluding hydrogens is 200 g/mol. The fourth-order valence-corrected chi connectivity index (χ4v) is 1.24. The Kier molecular flexibility index (Phi) is 5.27. The summed E-state index contributed by atoms with van der Waals surface area (Å²) in [6.45, 7) is 3.07. The topological polar surface area (TPSA) is 56.0 Å². The van der Waals surface area contributed by atoms with E-state index in [0.29, 0.717) is 12.1 Å². The molecule has 0 aliphatic rings. The summed E-state index contributed by atoms with van der Waals surface area (Å²) in [7, 11) is 0. The van der Waals surface area contributed by atoms with E-state index < -0.39 is 0 Å². The number of aliphatic hydroxyl groups excluding tert-OH is 1. The van der Waals surface area contributed by atoms with Crippen molar-refractivity contribution < 1.29 is 5.11 Å². The third-order valence-electron chi connectivity index (χ3n) is 2.05. The van der Waals surface area contributed by atoms with Gasteiger partial charge in [-0.1, -0.05) is 24.3 Å². The average Bonchev–Trinajstić information content (AvgIpc) is 2.29. The molecule has 16 heavy (non-hydrogen) atoms. The van der Waals surface area contributed by atoms with Crippen LogP contribution < -0.4 is 5.32 Å². The van der Waals surface area contributed by atoms with Gasteiger partial charge >= 0.3 is 0 Å². The summed E-state index contributed by atoms with van der Waals surface area (Å²) in [6.07, 6.45) is 3.66. The van der Waals surface area contributed by atoms with Crippen molar-refractivity contribution in [1.82, 2.24) is 5.32 Å². The summed E-state index contributed by atoms with van der Waals surface area (Å²) in [5.74, 6) is 0. The molecule has 0 aliphatic carbocycles. The van der Waals surface area contributed by atoms with E-state index >= 15 is 0 Å². The van der Waals surface area contributed by atoms with Crippen molar-refractivity contribution in [3.8, 4) is 6.07 Å². The molecule has 0 saturated heterocycles. The van der Waals surface area contributed by atoms with Crippen molar-refractivity contribution in [2.75, 3.05) is 13.1 Å². The van der Waals surface area contributed by atoms with Crippen LogP contribution >= 0.6 is 0 Å². The third kappa shape index (κ3) is 4.74. The van der Waals surface area contributed by atoms with E-state index in [9.17, 15) is 0 Å². The Morgan fingerprint density at radius 2 is 2.12 bits per heavy atom. The molecule has 3 nitrogen and oxygen atoms in total. The van der Waals surface area contributed by atoms with E-state index in [2.05, 4.69) is 11.4 Å². The van der Waals surface area contributed by atoms with Gasteiger partial charge in [-0.15, -0.1) is 0 Å². The number of nitrogens with one attached hydrogen (secondary N) is 1. The second-order valence-electron chi connectivity index (χ2n) is 3.64. The molecule has 0 saturated carbocycles. The summed E-state index contributed by atoms with van der Waals surface area (Å²) in [5.41, 5.74) is 1.74. The quantitative estimate of drug-likeness (QED) is 0.734. The first-order valence-electron chi connectivity index (χ1n) is 5.28. The lowest BCUT2D eigenvalue weighted by atomic mass is 10.1. The van der Waals surface area contributed by atoms with Crippen LogP contribution in [-0.4, -0.2) is 24.3 Å². The van der Waals surface area contributed by atoms with Crippen molar-refractivity contribution in [2.24, 2.45) is 0 Å². The summed E-state index contributed by atoms with van der Waals surface area (Å²) < 4.78 is 0. The van der Waals surface area contributed by atoms with E-state index in [4.69, 9.17) is 10.4 Å². The molecule has 3 heteroatoms. The summed E-state index contributed by atoms with van der Waals surface area (Å²) >= 11 is 0. The van der Waals surface area contributed by atoms with Gasteiger partial charge in [-0.2, -0.15) is 5.26 Å². The Morgan fingerprint density at radius 3 is 2.69 bits per heavy atom. The number of benzene rings is 1. The standard InChI is InChI=1S/C13H16N2O/c1-11(16)10-15-8-2-3-12-4-6-13(9-14)7-5-12/h2-7,11,15-16H,8,10H2,1H3/b3-2+/t11-/m1/s1. The van der Waals surface area contributed by atoms with Crippen LogP contribution in [0.15, 0.2) is 30.3 Å². The lowest BCUT2D eigenvalue weighted by molar-refractivity contribution is 0.193. The Hall–Kier alpha value is -1.63. The molecule has 0 spiro atoms. The van der Waals surface area contributed by atoms with Gasteiger partial charge in [0.15, 0.2) is 0 Å². The predicted molar refractivity (Wildman–Crippen MR) is 64.7 cm³/mol. The first-order valence-corrected chi connectivity index (χ1v) is 5.28. The molecule has 2 N–H and O–H groups in total. The number of nitriles is 1. The first-order chi connectivity index (χ1) is 7.72. The maximum absolute atomic E-state index is 9.01. The van der Waals surface area contributed by atoms with Crippen LogP contribution in [0.5, 0.6) is 0 Å². The summed E-state index contributed by atoms with van der Waals surface area (Å²) in [5, 5.41) is 20.7. The highest BCUT2D eigenvalue weighted by molar-refractivity contribution is 5.50. The second-order valence-corrected chi connectivity index (χ2v) is 3.64. The van der Waals surface area contributed by atoms with Gasteiger partial charge in [0.25, 0.3) is 0 Å². The number of aliphatic hydroxyl groups is 1. The lowest BCUT2D eigenvalue weighted by Gasteiger charge is -2.03. The maximum Gasteiger partial charge on any atom is 0.0991 e. The fourth-order valence-electron chi connectivity index (χ4n) is 1.24. The molecule has 0 heterocycles. The van der Waals surface area contributed by atoms with Crippen LogP contribution in [0.4, 0.5) is 0 Å². The molecule has 0 radical (unpaired) electrons. The highest BCUT2D eigenvalue weighted by Crippen LogP contribution is 2.04. The van der Waals surface area contributed by atoms with Crippen LogP contribution in [0, 0.1) is 11.3 Å². The van der Waals surface area contributed by atoms with E-state index in [1.807, 2.05) is 24.3 Å². The largest absolute Gasteiger partial charge is 0.392 e. The zero-order chi connectivity index (χ0) is 11.8. The molecule has 1 rings (SSSR count). The third-order valence-corrected chi connectivity index (χ3v) is 2.05. The minimum absolute atomic E-state index is 0.316. The Morgan fingerprint density at radius 1 is 1.44 bits per heavy atom. The minimum atomic E-state index is -0.316. The van der Waals surface area contributed by atoms with E-state index in [1.165, 1.54) is 0 Å². The van der Waals surface area contributed by atoms with Gasteiger partial charge in [-0.05, 0) is 24.6 Å². The van der Waals surface area contributed by atoms with Gasteiger partial charge in [0.1, 0.15) is 0 Å². The Bertz CT molecular complexity index is 374. The van der Waals surface area contributed by atoms with Gasteiger partial charge < -0.3 is 10.4 Å². The van der Waals surface area contributed by atoms with Crippen molar-refractivity contribution in [1.29, 1.82) is 5.26 Å². The molecule has 1 aromatic rings. The van der Waals surface area contributed by atoms with Crippen molar-refractivity contribution in [2.45, 2.75) is 13.0 Å². The molecule has 0 aromatic heterocycles. The molecule has 1 atom stereocenters. The molecule has 0 bridgehead atoms. The molecular formula is C13H16N2O. The molecule has 0 unspecified atom stereocenters. The van der Waals surface area contributed by atoms with Gasteiger partial charge in [0, 0.05) is 13.1 Å². The van der Waals surface area contributed by atoms with Crippen molar-refractivity contribution in [3.63, 3.8) is 0 Å².